The quantitative estimate of drug-likeness (QED) is 0.0905. The minimum absolute atomic E-state index is 0.568. The highest BCUT2D eigenvalue weighted by atomic mass is 16.4. The molecule has 1 saturated carbocycles. The minimum atomic E-state index is 0.568. The maximum Gasteiger partial charge on any atom is 0.213 e. The first kappa shape index (κ1) is 86.2. The molecule has 0 bridgehead atoms. The molecule has 7 heterocycles. The molecule has 1 aliphatic carbocycles. The fourth-order valence-corrected chi connectivity index (χ4v) is 22.8. The Morgan fingerprint density at radius 1 is 0.199 bits per heavy atom. The normalized spacial score (nSPS) is 12.4. The second-order valence-corrected chi connectivity index (χ2v) is 37.9. The molecule has 146 heavy (non-hydrogen) atoms. The van der Waals surface area contributed by atoms with E-state index in [9.17, 15) is 0 Å². The number of fused-ring (bicyclic) bond motifs is 20. The maximum atomic E-state index is 7.12. The number of hydrogen-bond acceptors (Lipinski definition) is 6. The summed E-state index contributed by atoms with van der Waals surface area (Å²) >= 11 is 0. The number of benzene rings is 21. The lowest BCUT2D eigenvalue weighted by Gasteiger charge is -2.25. The SMILES string of the molecule is c1ccc(-c2c3ccccc3n3c2oc2c(-c4ccc(N(c5ccccc5)c5ccccc5)cc4)cc(-n4c5ccccc5c5ccccc54)cc23)cc1.c1ccc(-c2c3ccccc3n3c2oc2c(-c4ccc(N(c5ccccc5)c5ccccc5)cc4)cc(C4CCCCC4)cc23)cc1.c1ccc(-c2c3ccccc3n3c2oc2c(-c4ccc(N(c5ccccc5)c5ccccc5)cc4)cc4ccccc4c23)cc1. The second kappa shape index (κ2) is 37.0. The summed E-state index contributed by atoms with van der Waals surface area (Å²) < 4.78 is 30.5. The van der Waals surface area contributed by atoms with Crippen LogP contribution in [0.2, 0.25) is 0 Å². The lowest BCUT2D eigenvalue weighted by Crippen LogP contribution is -2.09. The van der Waals surface area contributed by atoms with E-state index < -0.39 is 0 Å². The summed E-state index contributed by atoms with van der Waals surface area (Å²) in [6, 6.07) is 186. The molecule has 0 radical (unpaired) electrons. The van der Waals surface area contributed by atoms with E-state index in [0.717, 1.165) is 174 Å². The standard InChI is InChI=1S/C50H33N3O.C44H36N2O.C42H28N2O/c1-4-16-35(17-5-1)48-42-24-12-15-27-46(42)53-47-33-39(52-44-25-13-10-22-40(44)41-23-11-14-26-45(41)52)32-43(49(47)54-50(48)53)34-28-30-38(31-29-34)51(36-18-6-2-7-19-36)37-20-8-3-9-21-37;1-5-15-31(16-6-1)34-29-39(32-25-27-37(28-26-32)45(35-19-9-3-10-20-35)36-21-11-4-12-22-36)43-41(30-34)46-40-24-14-13-23-38(40)42(44(46)47-43)33-17-7-2-8-18-33;1-4-14-30(15-5-1)39-36-22-12-13-23-38(36)44-40-35-21-11-10-16-31(35)28-37(41(40)45-42(39)44)29-24-26-34(27-25-29)43(32-17-6-2-7-18-32)33-19-8-3-9-20-33/h1-33H;2-4,7-14,17-31H,1,5-6,15-16H2;1-28H. The van der Waals surface area contributed by atoms with Gasteiger partial charge in [0.25, 0.3) is 0 Å². The first-order valence-corrected chi connectivity index (χ1v) is 50.5. The van der Waals surface area contributed by atoms with Gasteiger partial charge in [0.15, 0.2) is 16.7 Å². The van der Waals surface area contributed by atoms with Crippen molar-refractivity contribution in [1.29, 1.82) is 0 Å². The predicted molar refractivity (Wildman–Crippen MR) is 608 cm³/mol. The van der Waals surface area contributed by atoms with Crippen molar-refractivity contribution in [3.05, 3.63) is 527 Å². The summed E-state index contributed by atoms with van der Waals surface area (Å²) in [5.41, 5.74) is 40.3. The lowest BCUT2D eigenvalue weighted by atomic mass is 9.83. The van der Waals surface area contributed by atoms with Crippen molar-refractivity contribution in [2.45, 2.75) is 38.0 Å². The van der Waals surface area contributed by atoms with Crippen LogP contribution in [0.3, 0.4) is 0 Å². The van der Waals surface area contributed by atoms with E-state index in [-0.39, 0.29) is 0 Å². The molecular weight excluding hydrogens is 1780 g/mol. The fourth-order valence-electron chi connectivity index (χ4n) is 22.8. The van der Waals surface area contributed by atoms with E-state index in [1.165, 1.54) is 103 Å². The molecule has 0 unspecified atom stereocenters. The molecule has 28 aromatic rings. The van der Waals surface area contributed by atoms with Crippen molar-refractivity contribution in [1.82, 2.24) is 17.8 Å². The summed E-state index contributed by atoms with van der Waals surface area (Å²) in [6.45, 7) is 0. The molecule has 0 aliphatic heterocycles. The molecule has 0 saturated heterocycles. The van der Waals surface area contributed by atoms with Gasteiger partial charge in [-0.2, -0.15) is 0 Å². The predicted octanol–water partition coefficient (Wildman–Crippen LogP) is 38.2. The van der Waals surface area contributed by atoms with Crippen molar-refractivity contribution < 1.29 is 13.3 Å². The Hall–Kier alpha value is -18.9. The van der Waals surface area contributed by atoms with E-state index in [0.29, 0.717) is 5.92 Å². The largest absolute Gasteiger partial charge is 0.437 e. The van der Waals surface area contributed by atoms with Gasteiger partial charge in [0.1, 0.15) is 5.52 Å². The fraction of sp³-hybridized carbons (Fsp3) is 0.0441. The van der Waals surface area contributed by atoms with Gasteiger partial charge in [0.05, 0.1) is 55.3 Å². The Morgan fingerprint density at radius 2 is 0.479 bits per heavy atom. The molecule has 0 amide bonds. The van der Waals surface area contributed by atoms with Crippen molar-refractivity contribution in [3.63, 3.8) is 0 Å². The van der Waals surface area contributed by atoms with Crippen LogP contribution >= 0.6 is 0 Å². The molecule has 0 N–H and O–H groups in total. The van der Waals surface area contributed by atoms with Crippen molar-refractivity contribution in [3.8, 4) is 72.4 Å². The molecule has 0 spiro atoms. The van der Waals surface area contributed by atoms with Crippen LogP contribution in [0.15, 0.2) is 535 Å². The van der Waals surface area contributed by atoms with Crippen LogP contribution in [0.5, 0.6) is 0 Å². The highest BCUT2D eigenvalue weighted by Gasteiger charge is 2.31. The zero-order valence-corrected chi connectivity index (χ0v) is 80.1. The molecule has 21 aromatic carbocycles. The summed E-state index contributed by atoms with van der Waals surface area (Å²) in [7, 11) is 0. The molecule has 7 aromatic heterocycles. The number of hydrogen-bond donors (Lipinski definition) is 0. The van der Waals surface area contributed by atoms with Crippen LogP contribution in [0.1, 0.15) is 43.6 Å². The highest BCUT2D eigenvalue weighted by Crippen LogP contribution is 2.52. The summed E-state index contributed by atoms with van der Waals surface area (Å²) in [6.07, 6.45) is 6.43. The van der Waals surface area contributed by atoms with Gasteiger partial charge in [-0.15, -0.1) is 0 Å². The first-order chi connectivity index (χ1) is 72.5. The van der Waals surface area contributed by atoms with Gasteiger partial charge in [0, 0.05) is 106 Å². The third-order valence-corrected chi connectivity index (χ3v) is 29.4. The maximum absolute atomic E-state index is 7.12. The van der Waals surface area contributed by atoms with E-state index in [1.54, 1.807) is 0 Å². The summed E-state index contributed by atoms with van der Waals surface area (Å²) in [5, 5.41) is 8.39. The average molecular weight is 1880 g/mol. The summed E-state index contributed by atoms with van der Waals surface area (Å²) in [4.78, 5) is 6.89. The van der Waals surface area contributed by atoms with Gasteiger partial charge >= 0.3 is 0 Å². The van der Waals surface area contributed by atoms with Crippen molar-refractivity contribution in [2.75, 3.05) is 14.7 Å². The smallest absolute Gasteiger partial charge is 0.213 e. The molecule has 10 heteroatoms. The van der Waals surface area contributed by atoms with Crippen LogP contribution < -0.4 is 14.7 Å². The van der Waals surface area contributed by atoms with Gasteiger partial charge in [-0.3, -0.25) is 13.2 Å². The van der Waals surface area contributed by atoms with Gasteiger partial charge in [0.2, 0.25) is 17.1 Å². The molecule has 29 rings (SSSR count). The van der Waals surface area contributed by atoms with Gasteiger partial charge in [-0.05, 0) is 233 Å². The summed E-state index contributed by atoms with van der Waals surface area (Å²) in [5.74, 6) is 0.568. The van der Waals surface area contributed by atoms with Crippen LogP contribution in [-0.4, -0.2) is 17.8 Å². The third kappa shape index (κ3) is 15.1. The topological polar surface area (TPSA) is 67.3 Å². The Balaban J connectivity index is 0.000000109. The average Bonchev–Trinajstić information content (AvgIpc) is 1.55. The highest BCUT2D eigenvalue weighted by molar-refractivity contribution is 6.18. The lowest BCUT2D eigenvalue weighted by molar-refractivity contribution is 0.444. The van der Waals surface area contributed by atoms with Crippen LogP contribution in [0.25, 0.3) is 188 Å². The number of anilines is 9. The molecule has 0 atom stereocenters. The first-order valence-electron chi connectivity index (χ1n) is 50.5. The Morgan fingerprint density at radius 3 is 0.856 bits per heavy atom. The molecule has 694 valence electrons. The van der Waals surface area contributed by atoms with E-state index in [1.807, 2.05) is 0 Å². The zero-order valence-electron chi connectivity index (χ0n) is 80.1. The zero-order chi connectivity index (χ0) is 96.5. The Bertz CT molecular complexity index is 9500. The van der Waals surface area contributed by atoms with Crippen LogP contribution in [-0.2, 0) is 0 Å². The van der Waals surface area contributed by atoms with Crippen LogP contribution in [0, 0.1) is 0 Å². The van der Waals surface area contributed by atoms with Gasteiger partial charge in [-0.1, -0.05) is 371 Å². The van der Waals surface area contributed by atoms with E-state index in [4.69, 9.17) is 13.3 Å². The molecular formula is C136H97N7O3. The molecule has 1 fully saturated rings. The number of oxazole rings is 3. The number of rotatable bonds is 17. The second-order valence-electron chi connectivity index (χ2n) is 37.9. The number of para-hydroxylation sites is 11. The Labute approximate surface area is 844 Å². The third-order valence-electron chi connectivity index (χ3n) is 29.4. The van der Waals surface area contributed by atoms with Crippen molar-refractivity contribution >= 4 is 167 Å². The van der Waals surface area contributed by atoms with Gasteiger partial charge in [-0.25, -0.2) is 0 Å². The van der Waals surface area contributed by atoms with Gasteiger partial charge < -0.3 is 32.5 Å². The van der Waals surface area contributed by atoms with Crippen LogP contribution in [0.4, 0.5) is 51.2 Å². The van der Waals surface area contributed by atoms with E-state index >= 15 is 0 Å². The van der Waals surface area contributed by atoms with E-state index in [2.05, 4.69) is 554 Å². The number of nitrogens with zero attached hydrogens (tertiary/aromatic N) is 7. The van der Waals surface area contributed by atoms with Crippen molar-refractivity contribution in [2.24, 2.45) is 0 Å². The monoisotopic (exact) mass is 1880 g/mol. The molecule has 1 aliphatic rings. The number of aromatic nitrogens is 4. The molecule has 10 nitrogen and oxygen atoms in total. The Kier molecular flexibility index (Phi) is 21.8. The minimum Gasteiger partial charge on any atom is -0.437 e.